The molecule has 0 atom stereocenters. The number of carbonyl (C=O) groups is 1. The molecule has 0 aliphatic rings. The third kappa shape index (κ3) is 2.41. The molecule has 0 radical (unpaired) electrons. The zero-order chi connectivity index (χ0) is 12.3. The van der Waals surface area contributed by atoms with Gasteiger partial charge in [-0.05, 0) is 25.1 Å². The van der Waals surface area contributed by atoms with Gasteiger partial charge in [0.25, 0.3) is 5.91 Å². The number of nitrogens with two attached hydrogens (primary N) is 1. The maximum Gasteiger partial charge on any atom is 0.270 e. The minimum atomic E-state index is -0.283. The molecule has 0 aliphatic carbocycles. The molecule has 2 aromatic rings. The van der Waals surface area contributed by atoms with E-state index in [-0.39, 0.29) is 17.5 Å². The van der Waals surface area contributed by atoms with E-state index in [9.17, 15) is 4.79 Å². The Morgan fingerprint density at radius 3 is 3.00 bits per heavy atom. The van der Waals surface area contributed by atoms with Gasteiger partial charge in [-0.3, -0.25) is 4.79 Å². The lowest BCUT2D eigenvalue weighted by Gasteiger charge is -2.04. The minimum absolute atomic E-state index is 0.0418. The van der Waals surface area contributed by atoms with Crippen LogP contribution >= 0.6 is 0 Å². The van der Waals surface area contributed by atoms with Crippen molar-refractivity contribution in [2.45, 2.75) is 6.92 Å². The molecule has 0 saturated carbocycles. The highest BCUT2D eigenvalue weighted by atomic mass is 16.3. The van der Waals surface area contributed by atoms with E-state index in [1.165, 1.54) is 6.26 Å². The highest BCUT2D eigenvalue weighted by molar-refractivity contribution is 5.93. The van der Waals surface area contributed by atoms with Crippen LogP contribution in [0.25, 0.3) is 11.5 Å². The second-order valence-corrected chi connectivity index (χ2v) is 3.33. The number of nitrogens with zero attached hydrogens (tertiary/aromatic N) is 2. The Morgan fingerprint density at radius 2 is 2.35 bits per heavy atom. The Labute approximate surface area is 97.9 Å². The number of amides is 1. The summed E-state index contributed by atoms with van der Waals surface area (Å²) < 4.78 is 5.19. The predicted octanol–water partition coefficient (Wildman–Crippen LogP) is 1.07. The standard InChI is InChI=1S/C11H12N4O2/c1-2-13-10(16)8-6-7(14-11(12)15-8)9-4-3-5-17-9/h3-6H,2H2,1H3,(H,13,16)(H2,12,14,15). The van der Waals surface area contributed by atoms with Gasteiger partial charge in [-0.1, -0.05) is 0 Å². The second-order valence-electron chi connectivity index (χ2n) is 3.33. The first-order chi connectivity index (χ1) is 8.20. The lowest BCUT2D eigenvalue weighted by Crippen LogP contribution is -2.24. The lowest BCUT2D eigenvalue weighted by molar-refractivity contribution is 0.0951. The van der Waals surface area contributed by atoms with Gasteiger partial charge in [0, 0.05) is 6.54 Å². The molecule has 6 heteroatoms. The predicted molar refractivity (Wildman–Crippen MR) is 62.2 cm³/mol. The third-order valence-electron chi connectivity index (χ3n) is 2.09. The molecular weight excluding hydrogens is 220 g/mol. The van der Waals surface area contributed by atoms with Gasteiger partial charge in [-0.25, -0.2) is 9.97 Å². The zero-order valence-corrected chi connectivity index (χ0v) is 9.30. The van der Waals surface area contributed by atoms with Gasteiger partial charge >= 0.3 is 0 Å². The van der Waals surface area contributed by atoms with E-state index in [4.69, 9.17) is 10.2 Å². The molecule has 88 valence electrons. The third-order valence-corrected chi connectivity index (χ3v) is 2.09. The van der Waals surface area contributed by atoms with Crippen molar-refractivity contribution >= 4 is 11.9 Å². The van der Waals surface area contributed by atoms with Crippen molar-refractivity contribution in [3.05, 3.63) is 30.2 Å². The highest BCUT2D eigenvalue weighted by Crippen LogP contribution is 2.18. The second kappa shape index (κ2) is 4.65. The van der Waals surface area contributed by atoms with Crippen molar-refractivity contribution in [3.8, 4) is 11.5 Å². The molecule has 1 amide bonds. The maximum absolute atomic E-state index is 11.6. The van der Waals surface area contributed by atoms with Gasteiger partial charge in [0.15, 0.2) is 5.76 Å². The molecule has 3 N–H and O–H groups in total. The molecule has 0 saturated heterocycles. The van der Waals surface area contributed by atoms with Crippen LogP contribution in [0.15, 0.2) is 28.9 Å². The number of carbonyl (C=O) groups excluding carboxylic acids is 1. The zero-order valence-electron chi connectivity index (χ0n) is 9.30. The van der Waals surface area contributed by atoms with Crippen LogP contribution in [0.2, 0.25) is 0 Å². The van der Waals surface area contributed by atoms with Gasteiger partial charge in [0.2, 0.25) is 5.95 Å². The van der Waals surface area contributed by atoms with Crippen LogP contribution in [0, 0.1) is 0 Å². The summed E-state index contributed by atoms with van der Waals surface area (Å²) in [6.45, 7) is 2.36. The summed E-state index contributed by atoms with van der Waals surface area (Å²) in [5, 5.41) is 2.65. The fourth-order valence-corrected chi connectivity index (χ4v) is 1.38. The van der Waals surface area contributed by atoms with Crippen LogP contribution < -0.4 is 11.1 Å². The number of hydrogen-bond donors (Lipinski definition) is 2. The van der Waals surface area contributed by atoms with E-state index in [1.807, 2.05) is 6.92 Å². The van der Waals surface area contributed by atoms with E-state index in [0.717, 1.165) is 0 Å². The SMILES string of the molecule is CCNC(=O)c1cc(-c2ccco2)nc(N)n1. The number of rotatable bonds is 3. The van der Waals surface area contributed by atoms with Crippen LogP contribution in [-0.4, -0.2) is 22.4 Å². The molecular formula is C11H12N4O2. The maximum atomic E-state index is 11.6. The number of nitrogen functional groups attached to an aromatic ring is 1. The normalized spacial score (nSPS) is 10.2. The smallest absolute Gasteiger partial charge is 0.270 e. The molecule has 2 aromatic heterocycles. The minimum Gasteiger partial charge on any atom is -0.463 e. The molecule has 0 aromatic carbocycles. The van der Waals surface area contributed by atoms with E-state index < -0.39 is 0 Å². The molecule has 2 rings (SSSR count). The Balaban J connectivity index is 2.39. The molecule has 0 unspecified atom stereocenters. The van der Waals surface area contributed by atoms with Gasteiger partial charge in [0.1, 0.15) is 11.4 Å². The average molecular weight is 232 g/mol. The first-order valence-corrected chi connectivity index (χ1v) is 5.17. The van der Waals surface area contributed by atoms with Crippen LogP contribution in [0.3, 0.4) is 0 Å². The summed E-state index contributed by atoms with van der Waals surface area (Å²) in [6.07, 6.45) is 1.53. The fraction of sp³-hybridized carbons (Fsp3) is 0.182. The number of nitrogens with one attached hydrogen (secondary N) is 1. The van der Waals surface area contributed by atoms with Gasteiger partial charge in [0.05, 0.1) is 6.26 Å². The van der Waals surface area contributed by atoms with Crippen molar-refractivity contribution in [1.29, 1.82) is 0 Å². The topological polar surface area (TPSA) is 94.0 Å². The van der Waals surface area contributed by atoms with Gasteiger partial charge in [-0.2, -0.15) is 0 Å². The molecule has 2 heterocycles. The Hall–Kier alpha value is -2.37. The summed E-state index contributed by atoms with van der Waals surface area (Å²) in [6, 6.07) is 5.02. The van der Waals surface area contributed by atoms with Crippen molar-refractivity contribution in [1.82, 2.24) is 15.3 Å². The van der Waals surface area contributed by atoms with E-state index in [1.54, 1.807) is 18.2 Å². The largest absolute Gasteiger partial charge is 0.463 e. The lowest BCUT2D eigenvalue weighted by atomic mass is 10.2. The van der Waals surface area contributed by atoms with Crippen LogP contribution in [0.1, 0.15) is 17.4 Å². The highest BCUT2D eigenvalue weighted by Gasteiger charge is 2.12. The number of aromatic nitrogens is 2. The Bertz CT molecular complexity index is 522. The average Bonchev–Trinajstić information content (AvgIpc) is 2.82. The number of hydrogen-bond acceptors (Lipinski definition) is 5. The molecule has 17 heavy (non-hydrogen) atoms. The van der Waals surface area contributed by atoms with Gasteiger partial charge in [-0.15, -0.1) is 0 Å². The van der Waals surface area contributed by atoms with Crippen molar-refractivity contribution in [2.75, 3.05) is 12.3 Å². The Morgan fingerprint density at radius 1 is 1.53 bits per heavy atom. The summed E-state index contributed by atoms with van der Waals surface area (Å²) in [7, 11) is 0. The van der Waals surface area contributed by atoms with Gasteiger partial charge < -0.3 is 15.5 Å². The summed E-state index contributed by atoms with van der Waals surface area (Å²) in [5.74, 6) is 0.305. The summed E-state index contributed by atoms with van der Waals surface area (Å²) >= 11 is 0. The number of furan rings is 1. The molecule has 0 aliphatic heterocycles. The summed E-state index contributed by atoms with van der Waals surface area (Å²) in [5.41, 5.74) is 6.27. The summed E-state index contributed by atoms with van der Waals surface area (Å²) in [4.78, 5) is 19.5. The van der Waals surface area contributed by atoms with Crippen molar-refractivity contribution in [2.24, 2.45) is 0 Å². The Kier molecular flexibility index (Phi) is 3.04. The molecule has 6 nitrogen and oxygen atoms in total. The van der Waals surface area contributed by atoms with Crippen LogP contribution in [0.4, 0.5) is 5.95 Å². The van der Waals surface area contributed by atoms with E-state index >= 15 is 0 Å². The molecule has 0 fully saturated rings. The first-order valence-electron chi connectivity index (χ1n) is 5.17. The molecule has 0 bridgehead atoms. The van der Waals surface area contributed by atoms with Crippen LogP contribution in [0.5, 0.6) is 0 Å². The first kappa shape index (κ1) is 11.1. The van der Waals surface area contributed by atoms with E-state index in [0.29, 0.717) is 18.0 Å². The fourth-order valence-electron chi connectivity index (χ4n) is 1.38. The van der Waals surface area contributed by atoms with Crippen molar-refractivity contribution in [3.63, 3.8) is 0 Å². The quantitative estimate of drug-likeness (QED) is 0.825. The number of anilines is 1. The van der Waals surface area contributed by atoms with Crippen LogP contribution in [-0.2, 0) is 0 Å². The monoisotopic (exact) mass is 232 g/mol. The van der Waals surface area contributed by atoms with Crippen molar-refractivity contribution < 1.29 is 9.21 Å². The molecule has 0 spiro atoms. The van der Waals surface area contributed by atoms with E-state index in [2.05, 4.69) is 15.3 Å².